The van der Waals surface area contributed by atoms with Gasteiger partial charge in [0.05, 0.1) is 21.4 Å². The van der Waals surface area contributed by atoms with Crippen molar-refractivity contribution in [2.45, 2.75) is 44.7 Å². The van der Waals surface area contributed by atoms with Crippen LogP contribution in [0.2, 0.25) is 0 Å². The summed E-state index contributed by atoms with van der Waals surface area (Å²) in [5.74, 6) is -0.222. The van der Waals surface area contributed by atoms with Gasteiger partial charge < -0.3 is 4.42 Å². The van der Waals surface area contributed by atoms with E-state index in [0.717, 1.165) is 0 Å². The van der Waals surface area contributed by atoms with Gasteiger partial charge in [0, 0.05) is 12.1 Å². The molecular formula is C18H21N3O4S2. The molecule has 0 atom stereocenters. The number of carbonyl (C=O) groups is 1. The number of furan rings is 1. The Morgan fingerprint density at radius 1 is 1.19 bits per heavy atom. The Morgan fingerprint density at radius 2 is 1.89 bits per heavy atom. The highest BCUT2D eigenvalue weighted by Gasteiger charge is 2.29. The van der Waals surface area contributed by atoms with Gasteiger partial charge in [0.25, 0.3) is 5.91 Å². The zero-order valence-corrected chi connectivity index (χ0v) is 17.1. The first kappa shape index (κ1) is 19.5. The summed E-state index contributed by atoms with van der Waals surface area (Å²) in [5.41, 5.74) is 0.620. The summed E-state index contributed by atoms with van der Waals surface area (Å²) in [6.45, 7) is 7.41. The maximum atomic E-state index is 13.0. The zero-order valence-electron chi connectivity index (χ0n) is 15.5. The Morgan fingerprint density at radius 3 is 2.48 bits per heavy atom. The molecule has 0 aliphatic rings. The highest BCUT2D eigenvalue weighted by Crippen LogP contribution is 2.30. The number of anilines is 1. The summed E-state index contributed by atoms with van der Waals surface area (Å²) in [7, 11) is -3.63. The van der Waals surface area contributed by atoms with Crippen LogP contribution in [0.4, 0.5) is 5.13 Å². The fraction of sp³-hybridized carbons (Fsp3) is 0.333. The number of benzene rings is 1. The highest BCUT2D eigenvalue weighted by molar-refractivity contribution is 7.89. The predicted molar refractivity (Wildman–Crippen MR) is 106 cm³/mol. The molecule has 1 N–H and O–H groups in total. The molecule has 144 valence electrons. The maximum absolute atomic E-state index is 13.0. The van der Waals surface area contributed by atoms with E-state index in [2.05, 4.69) is 10.3 Å². The number of thiazole rings is 1. The second kappa shape index (κ2) is 7.41. The number of fused-ring (bicyclic) bond motifs is 1. The van der Waals surface area contributed by atoms with E-state index >= 15 is 0 Å². The van der Waals surface area contributed by atoms with Crippen LogP contribution in [0.5, 0.6) is 0 Å². The lowest BCUT2D eigenvalue weighted by Crippen LogP contribution is -2.41. The average molecular weight is 408 g/mol. The van der Waals surface area contributed by atoms with Crippen LogP contribution in [0, 0.1) is 0 Å². The summed E-state index contributed by atoms with van der Waals surface area (Å²) in [6, 6.07) is 7.67. The summed E-state index contributed by atoms with van der Waals surface area (Å²) < 4.78 is 33.3. The van der Waals surface area contributed by atoms with Crippen molar-refractivity contribution in [3.8, 4) is 0 Å². The van der Waals surface area contributed by atoms with Gasteiger partial charge in [0.2, 0.25) is 10.0 Å². The monoisotopic (exact) mass is 407 g/mol. The molecule has 0 aliphatic carbocycles. The fourth-order valence-electron chi connectivity index (χ4n) is 2.96. The minimum Gasteiger partial charge on any atom is -0.459 e. The van der Waals surface area contributed by atoms with Gasteiger partial charge in [0.15, 0.2) is 10.9 Å². The molecule has 0 spiro atoms. The van der Waals surface area contributed by atoms with Gasteiger partial charge in [-0.2, -0.15) is 4.31 Å². The third-order valence-corrected chi connectivity index (χ3v) is 7.10. The molecule has 2 heterocycles. The molecule has 0 fully saturated rings. The van der Waals surface area contributed by atoms with Gasteiger partial charge in [0.1, 0.15) is 0 Å². The lowest BCUT2D eigenvalue weighted by Gasteiger charge is -2.29. The van der Waals surface area contributed by atoms with Crippen LogP contribution in [0.15, 0.2) is 45.9 Å². The van der Waals surface area contributed by atoms with E-state index in [9.17, 15) is 13.2 Å². The van der Waals surface area contributed by atoms with Crippen LogP contribution in [0.1, 0.15) is 38.2 Å². The molecule has 0 saturated heterocycles. The molecule has 0 bridgehead atoms. The number of nitrogens with one attached hydrogen (secondary N) is 1. The minimum absolute atomic E-state index is 0.157. The quantitative estimate of drug-likeness (QED) is 0.668. The standard InChI is InChI=1S/C18H21N3O4S2/c1-11(2)21(12(3)4)27(23,24)13-7-8-14-16(10-13)26-18(19-14)20-17(22)15-6-5-9-25-15/h5-12H,1-4H3,(H,19,20,22). The normalized spacial score (nSPS) is 12.4. The van der Waals surface area contributed by atoms with E-state index in [-0.39, 0.29) is 22.7 Å². The van der Waals surface area contributed by atoms with E-state index in [1.54, 1.807) is 30.3 Å². The molecule has 27 heavy (non-hydrogen) atoms. The summed E-state index contributed by atoms with van der Waals surface area (Å²) in [6.07, 6.45) is 1.42. The van der Waals surface area contributed by atoms with Crippen molar-refractivity contribution in [1.29, 1.82) is 0 Å². The number of carbonyl (C=O) groups excluding carboxylic acids is 1. The number of hydrogen-bond donors (Lipinski definition) is 1. The lowest BCUT2D eigenvalue weighted by molar-refractivity contribution is 0.0996. The zero-order chi connectivity index (χ0) is 19.8. The van der Waals surface area contributed by atoms with Crippen LogP contribution in [-0.2, 0) is 10.0 Å². The molecule has 0 radical (unpaired) electrons. The van der Waals surface area contributed by atoms with Crippen LogP contribution in [0.3, 0.4) is 0 Å². The Balaban J connectivity index is 1.93. The first-order chi connectivity index (χ1) is 12.7. The molecule has 0 aliphatic heterocycles. The average Bonchev–Trinajstić information content (AvgIpc) is 3.22. The van der Waals surface area contributed by atoms with Gasteiger partial charge in [-0.05, 0) is 58.0 Å². The SMILES string of the molecule is CC(C)N(C(C)C)S(=O)(=O)c1ccc2nc(NC(=O)c3ccco3)sc2c1. The molecule has 7 nitrogen and oxygen atoms in total. The predicted octanol–water partition coefficient (Wildman–Crippen LogP) is 3.95. The van der Waals surface area contributed by atoms with Gasteiger partial charge in [-0.15, -0.1) is 0 Å². The van der Waals surface area contributed by atoms with Crippen molar-refractivity contribution in [2.75, 3.05) is 5.32 Å². The molecule has 3 rings (SSSR count). The van der Waals surface area contributed by atoms with Crippen molar-refractivity contribution in [3.63, 3.8) is 0 Å². The van der Waals surface area contributed by atoms with Gasteiger partial charge >= 0.3 is 0 Å². The van der Waals surface area contributed by atoms with Crippen molar-refractivity contribution in [3.05, 3.63) is 42.4 Å². The fourth-order valence-corrected chi connectivity index (χ4v) is 5.79. The Kier molecular flexibility index (Phi) is 5.36. The second-order valence-electron chi connectivity index (χ2n) is 6.60. The largest absolute Gasteiger partial charge is 0.459 e. The summed E-state index contributed by atoms with van der Waals surface area (Å²) in [5, 5.41) is 3.05. The van der Waals surface area contributed by atoms with Crippen LogP contribution in [0.25, 0.3) is 10.2 Å². The smallest absolute Gasteiger partial charge is 0.293 e. The first-order valence-electron chi connectivity index (χ1n) is 8.49. The third-order valence-electron chi connectivity index (χ3n) is 3.92. The Hall–Kier alpha value is -2.23. The Labute approximate surface area is 162 Å². The molecule has 3 aromatic rings. The Bertz CT molecular complexity index is 1050. The number of nitrogens with zero attached hydrogens (tertiary/aromatic N) is 2. The van der Waals surface area contributed by atoms with E-state index in [0.29, 0.717) is 15.3 Å². The van der Waals surface area contributed by atoms with Crippen molar-refractivity contribution < 1.29 is 17.6 Å². The molecule has 1 amide bonds. The molecule has 0 unspecified atom stereocenters. The van der Waals surface area contributed by atoms with E-state index < -0.39 is 15.9 Å². The van der Waals surface area contributed by atoms with Crippen molar-refractivity contribution in [1.82, 2.24) is 9.29 Å². The lowest BCUT2D eigenvalue weighted by atomic mass is 10.3. The molecule has 9 heteroatoms. The van der Waals surface area contributed by atoms with Crippen molar-refractivity contribution >= 4 is 42.6 Å². The maximum Gasteiger partial charge on any atom is 0.293 e. The first-order valence-corrected chi connectivity index (χ1v) is 10.7. The molecular weight excluding hydrogens is 386 g/mol. The number of amides is 1. The van der Waals surface area contributed by atoms with Crippen LogP contribution >= 0.6 is 11.3 Å². The highest BCUT2D eigenvalue weighted by atomic mass is 32.2. The number of hydrogen-bond acceptors (Lipinski definition) is 6. The molecule has 1 aromatic carbocycles. The molecule has 2 aromatic heterocycles. The van der Waals surface area contributed by atoms with Crippen LogP contribution < -0.4 is 5.32 Å². The summed E-state index contributed by atoms with van der Waals surface area (Å²) in [4.78, 5) is 16.6. The molecule has 0 saturated carbocycles. The van der Waals surface area contributed by atoms with E-state index in [1.165, 1.54) is 21.9 Å². The number of sulfonamides is 1. The summed E-state index contributed by atoms with van der Waals surface area (Å²) >= 11 is 1.21. The third kappa shape index (κ3) is 3.90. The van der Waals surface area contributed by atoms with Gasteiger partial charge in [-0.1, -0.05) is 11.3 Å². The van der Waals surface area contributed by atoms with Crippen LogP contribution in [-0.4, -0.2) is 35.7 Å². The van der Waals surface area contributed by atoms with Gasteiger partial charge in [-0.3, -0.25) is 10.1 Å². The van der Waals surface area contributed by atoms with E-state index in [1.807, 2.05) is 27.7 Å². The second-order valence-corrected chi connectivity index (χ2v) is 9.48. The number of rotatable bonds is 6. The topological polar surface area (TPSA) is 92.5 Å². The van der Waals surface area contributed by atoms with Crippen molar-refractivity contribution in [2.24, 2.45) is 0 Å². The minimum atomic E-state index is -3.63. The van der Waals surface area contributed by atoms with Gasteiger partial charge in [-0.25, -0.2) is 13.4 Å². The number of aromatic nitrogens is 1. The van der Waals surface area contributed by atoms with E-state index in [4.69, 9.17) is 4.42 Å².